The molecule has 1 N–H and O–H groups in total. The van der Waals surface area contributed by atoms with Gasteiger partial charge in [-0.05, 0) is 35.6 Å². The van der Waals surface area contributed by atoms with Crippen LogP contribution in [0.2, 0.25) is 0 Å². The van der Waals surface area contributed by atoms with E-state index in [1.165, 1.54) is 5.06 Å². The van der Waals surface area contributed by atoms with E-state index in [0.717, 1.165) is 14.9 Å². The molecule has 2 fully saturated rings. The summed E-state index contributed by atoms with van der Waals surface area (Å²) in [5.74, 6) is 0.0407. The molecule has 0 aromatic heterocycles. The number of carbonyl (C=O) groups excluding carboxylic acids is 1. The summed E-state index contributed by atoms with van der Waals surface area (Å²) in [5.41, 5.74) is 0.893. The molecule has 6 nitrogen and oxygen atoms in total. The van der Waals surface area contributed by atoms with Gasteiger partial charge in [-0.1, -0.05) is 12.1 Å². The van der Waals surface area contributed by atoms with E-state index in [1.807, 2.05) is 18.2 Å². The molecule has 1 aromatic carbocycles. The molecule has 21 heavy (non-hydrogen) atoms. The third-order valence-electron chi connectivity index (χ3n) is 3.91. The Morgan fingerprint density at radius 3 is 2.95 bits per heavy atom. The number of esters is 1. The van der Waals surface area contributed by atoms with Gasteiger partial charge in [0.15, 0.2) is 6.29 Å². The van der Waals surface area contributed by atoms with Crippen LogP contribution in [-0.2, 0) is 20.9 Å². The van der Waals surface area contributed by atoms with Gasteiger partial charge in [0.1, 0.15) is 17.9 Å². The van der Waals surface area contributed by atoms with Crippen LogP contribution in [0.5, 0.6) is 5.75 Å². The minimum atomic E-state index is -1.02. The summed E-state index contributed by atoms with van der Waals surface area (Å²) in [5, 5.41) is 11.5. The van der Waals surface area contributed by atoms with Crippen LogP contribution in [0.15, 0.2) is 18.2 Å². The first-order chi connectivity index (χ1) is 10.0. The summed E-state index contributed by atoms with van der Waals surface area (Å²) in [6, 6.07) is 5.20. The Morgan fingerprint density at radius 1 is 1.48 bits per heavy atom. The predicted octanol–water partition coefficient (Wildman–Crippen LogP) is 1.30. The van der Waals surface area contributed by atoms with Gasteiger partial charge in [0.25, 0.3) is 0 Å². The van der Waals surface area contributed by atoms with E-state index >= 15 is 0 Å². The molecule has 1 aromatic rings. The first kappa shape index (κ1) is 15.0. The number of halogens is 1. The van der Waals surface area contributed by atoms with Gasteiger partial charge in [0, 0.05) is 5.56 Å². The number of aliphatic hydroxyl groups is 1. The molecule has 2 aliphatic rings. The summed E-state index contributed by atoms with van der Waals surface area (Å²) in [6.07, 6.45) is -1.37. The molecule has 2 aliphatic heterocycles. The molecule has 0 spiro atoms. The smallest absolute Gasteiger partial charge is 0.326 e. The number of nitrogens with zero attached hydrogens (tertiary/aromatic N) is 1. The Labute approximate surface area is 136 Å². The monoisotopic (exact) mass is 405 g/mol. The Morgan fingerprint density at radius 2 is 2.24 bits per heavy atom. The van der Waals surface area contributed by atoms with E-state index in [4.69, 9.17) is 14.3 Å². The third kappa shape index (κ3) is 2.52. The number of para-hydroxylation sites is 1. The van der Waals surface area contributed by atoms with Crippen LogP contribution in [0, 0.1) is 9.49 Å². The molecule has 4 atom stereocenters. The lowest BCUT2D eigenvalue weighted by atomic mass is 9.98. The van der Waals surface area contributed by atoms with Crippen molar-refractivity contribution in [1.29, 1.82) is 0 Å². The van der Waals surface area contributed by atoms with Crippen LogP contribution in [0.3, 0.4) is 0 Å². The summed E-state index contributed by atoms with van der Waals surface area (Å²) in [6.45, 7) is 2.12. The number of ether oxygens (including phenoxy) is 2. The zero-order valence-corrected chi connectivity index (χ0v) is 13.8. The number of aliphatic hydroxyl groups excluding tert-OH is 1. The SMILES string of the molecule is COc1c(I)cccc1CN1OC(O)[C@H]2[C@H](C)OC(=O)[C@H]21. The van der Waals surface area contributed by atoms with E-state index < -0.39 is 12.3 Å². The van der Waals surface area contributed by atoms with Crippen molar-refractivity contribution in [3.05, 3.63) is 27.3 Å². The van der Waals surface area contributed by atoms with Crippen LogP contribution < -0.4 is 4.74 Å². The van der Waals surface area contributed by atoms with Gasteiger partial charge >= 0.3 is 5.97 Å². The lowest BCUT2D eigenvalue weighted by Gasteiger charge is -2.20. The predicted molar refractivity (Wildman–Crippen MR) is 81.2 cm³/mol. The van der Waals surface area contributed by atoms with Crippen LogP contribution in [-0.4, -0.2) is 41.7 Å². The molecule has 0 aliphatic carbocycles. The third-order valence-corrected chi connectivity index (χ3v) is 4.76. The van der Waals surface area contributed by atoms with Gasteiger partial charge in [-0.3, -0.25) is 9.63 Å². The summed E-state index contributed by atoms with van der Waals surface area (Å²) >= 11 is 2.19. The molecular weight excluding hydrogens is 389 g/mol. The number of hydrogen-bond donors (Lipinski definition) is 1. The highest BCUT2D eigenvalue weighted by molar-refractivity contribution is 14.1. The molecule has 0 radical (unpaired) electrons. The van der Waals surface area contributed by atoms with Crippen LogP contribution >= 0.6 is 22.6 Å². The number of fused-ring (bicyclic) bond motifs is 1. The topological polar surface area (TPSA) is 68.2 Å². The van der Waals surface area contributed by atoms with Crippen molar-refractivity contribution in [1.82, 2.24) is 5.06 Å². The van der Waals surface area contributed by atoms with Crippen LogP contribution in [0.1, 0.15) is 12.5 Å². The molecule has 1 unspecified atom stereocenters. The van der Waals surface area contributed by atoms with E-state index in [0.29, 0.717) is 6.54 Å². The van der Waals surface area contributed by atoms with Gasteiger partial charge in [-0.2, -0.15) is 5.06 Å². The fourth-order valence-electron chi connectivity index (χ4n) is 2.93. The second-order valence-corrected chi connectivity index (χ2v) is 6.33. The second-order valence-electron chi connectivity index (χ2n) is 5.17. The molecule has 3 rings (SSSR count). The number of carbonyl (C=O) groups is 1. The van der Waals surface area contributed by atoms with Crippen LogP contribution in [0.25, 0.3) is 0 Å². The Balaban J connectivity index is 1.86. The van der Waals surface area contributed by atoms with Crippen molar-refractivity contribution in [2.24, 2.45) is 5.92 Å². The van der Waals surface area contributed by atoms with Crippen molar-refractivity contribution < 1.29 is 24.2 Å². The highest BCUT2D eigenvalue weighted by Crippen LogP contribution is 2.38. The molecule has 114 valence electrons. The first-order valence-electron chi connectivity index (χ1n) is 6.66. The fourth-order valence-corrected chi connectivity index (χ4v) is 3.70. The number of rotatable bonds is 3. The maximum Gasteiger partial charge on any atom is 0.326 e. The lowest BCUT2D eigenvalue weighted by Crippen LogP contribution is -2.35. The van der Waals surface area contributed by atoms with Gasteiger partial charge in [0.05, 0.1) is 23.1 Å². The quantitative estimate of drug-likeness (QED) is 0.604. The van der Waals surface area contributed by atoms with Crippen molar-refractivity contribution in [3.63, 3.8) is 0 Å². The van der Waals surface area contributed by atoms with E-state index in [-0.39, 0.29) is 18.0 Å². The minimum absolute atomic E-state index is 0.347. The zero-order valence-electron chi connectivity index (χ0n) is 11.7. The van der Waals surface area contributed by atoms with Gasteiger partial charge in [-0.15, -0.1) is 0 Å². The average Bonchev–Trinajstić information content (AvgIpc) is 2.90. The normalized spacial score (nSPS) is 32.1. The van der Waals surface area contributed by atoms with Crippen LogP contribution in [0.4, 0.5) is 0 Å². The molecular formula is C14H16INO5. The lowest BCUT2D eigenvalue weighted by molar-refractivity contribution is -0.240. The molecule has 0 saturated carbocycles. The molecule has 2 heterocycles. The molecule has 2 saturated heterocycles. The summed E-state index contributed by atoms with van der Waals surface area (Å²) in [7, 11) is 1.61. The summed E-state index contributed by atoms with van der Waals surface area (Å²) in [4.78, 5) is 17.4. The minimum Gasteiger partial charge on any atom is -0.495 e. The largest absolute Gasteiger partial charge is 0.495 e. The maximum atomic E-state index is 11.9. The first-order valence-corrected chi connectivity index (χ1v) is 7.74. The number of benzene rings is 1. The summed E-state index contributed by atoms with van der Waals surface area (Å²) < 4.78 is 11.6. The van der Waals surface area contributed by atoms with Gasteiger partial charge < -0.3 is 14.6 Å². The van der Waals surface area contributed by atoms with E-state index in [9.17, 15) is 9.90 Å². The second kappa shape index (κ2) is 5.71. The zero-order chi connectivity index (χ0) is 15.1. The molecule has 7 heteroatoms. The Kier molecular flexibility index (Phi) is 4.08. The Hall–Kier alpha value is -0.900. The average molecular weight is 405 g/mol. The standard InChI is InChI=1S/C14H16INO5/c1-7-10-11(14(18)20-7)16(21-13(10)17)6-8-4-3-5-9(15)12(8)19-2/h3-5,7,10-11,13,17H,6H2,1-2H3/t7-,10-,11-,13?/m0/s1. The van der Waals surface area contributed by atoms with Crippen molar-refractivity contribution >= 4 is 28.6 Å². The molecule has 0 bridgehead atoms. The highest BCUT2D eigenvalue weighted by atomic mass is 127. The fraction of sp³-hybridized carbons (Fsp3) is 0.500. The van der Waals surface area contributed by atoms with Gasteiger partial charge in [0.2, 0.25) is 0 Å². The number of hydrogen-bond acceptors (Lipinski definition) is 6. The van der Waals surface area contributed by atoms with Crippen molar-refractivity contribution in [3.8, 4) is 5.75 Å². The Bertz CT molecular complexity index is 566. The number of cyclic esters (lactones) is 1. The number of hydroxylamine groups is 2. The number of methoxy groups -OCH3 is 1. The van der Waals surface area contributed by atoms with Crippen molar-refractivity contribution in [2.75, 3.05) is 7.11 Å². The highest BCUT2D eigenvalue weighted by Gasteiger charge is 2.56. The molecule has 0 amide bonds. The van der Waals surface area contributed by atoms with Gasteiger partial charge in [-0.25, -0.2) is 0 Å². The van der Waals surface area contributed by atoms with Crippen molar-refractivity contribution in [2.45, 2.75) is 31.9 Å². The maximum absolute atomic E-state index is 11.9. The van der Waals surface area contributed by atoms with E-state index in [1.54, 1.807) is 14.0 Å². The van der Waals surface area contributed by atoms with E-state index in [2.05, 4.69) is 22.6 Å².